The summed E-state index contributed by atoms with van der Waals surface area (Å²) in [6.07, 6.45) is 1.39. The van der Waals surface area contributed by atoms with Crippen molar-refractivity contribution in [2.75, 3.05) is 18.4 Å². The Morgan fingerprint density at radius 3 is 2.60 bits per heavy atom. The zero-order valence-corrected chi connectivity index (χ0v) is 16.0. The highest BCUT2D eigenvalue weighted by molar-refractivity contribution is 7.91. The first kappa shape index (κ1) is 18.1. The summed E-state index contributed by atoms with van der Waals surface area (Å²) in [5.41, 5.74) is 2.93. The van der Waals surface area contributed by atoms with Crippen molar-refractivity contribution in [1.82, 2.24) is 4.31 Å². The van der Waals surface area contributed by atoms with Crippen LogP contribution in [0.3, 0.4) is 0 Å². The molecule has 1 fully saturated rings. The molecule has 0 saturated carbocycles. The zero-order chi connectivity index (χ0) is 18.0. The van der Waals surface area contributed by atoms with Crippen LogP contribution in [-0.2, 0) is 14.8 Å². The molecule has 1 saturated heterocycles. The van der Waals surface area contributed by atoms with Gasteiger partial charge in [-0.15, -0.1) is 11.3 Å². The van der Waals surface area contributed by atoms with E-state index in [0.29, 0.717) is 23.6 Å². The molecule has 0 spiro atoms. The van der Waals surface area contributed by atoms with Crippen molar-refractivity contribution >= 4 is 33.0 Å². The number of nitrogens with zero attached hydrogens (tertiary/aromatic N) is 1. The fourth-order valence-corrected chi connectivity index (χ4v) is 5.87. The SMILES string of the molecule is Cc1cc(C)cc(NC(=O)[C@H]2CCCN(S(=O)(=O)c3cccs3)C2)c1. The Kier molecular flexibility index (Phi) is 5.27. The molecule has 5 nitrogen and oxygen atoms in total. The number of amides is 1. The highest BCUT2D eigenvalue weighted by Gasteiger charge is 2.33. The van der Waals surface area contributed by atoms with Gasteiger partial charge in [0, 0.05) is 18.8 Å². The van der Waals surface area contributed by atoms with Crippen molar-refractivity contribution in [1.29, 1.82) is 0 Å². The Hall–Kier alpha value is -1.70. The molecule has 1 aromatic carbocycles. The fourth-order valence-electron chi connectivity index (χ4n) is 3.20. The number of nitrogens with one attached hydrogen (secondary N) is 1. The minimum Gasteiger partial charge on any atom is -0.326 e. The molecule has 25 heavy (non-hydrogen) atoms. The number of aryl methyl sites for hydroxylation is 2. The van der Waals surface area contributed by atoms with Crippen LogP contribution in [0.25, 0.3) is 0 Å². The van der Waals surface area contributed by atoms with E-state index in [4.69, 9.17) is 0 Å². The molecule has 2 aromatic rings. The Morgan fingerprint density at radius 2 is 1.96 bits per heavy atom. The number of rotatable bonds is 4. The second kappa shape index (κ2) is 7.27. The van der Waals surface area contributed by atoms with Crippen LogP contribution in [0.4, 0.5) is 5.69 Å². The third kappa shape index (κ3) is 4.11. The third-order valence-electron chi connectivity index (χ3n) is 4.33. The maximum absolute atomic E-state index is 12.7. The van der Waals surface area contributed by atoms with Gasteiger partial charge in [-0.2, -0.15) is 4.31 Å². The highest BCUT2D eigenvalue weighted by atomic mass is 32.2. The first-order valence-electron chi connectivity index (χ1n) is 8.29. The second-order valence-electron chi connectivity index (χ2n) is 6.50. The predicted octanol–water partition coefficient (Wildman–Crippen LogP) is 3.40. The van der Waals surface area contributed by atoms with Gasteiger partial charge < -0.3 is 5.32 Å². The molecule has 7 heteroatoms. The number of hydrogen-bond acceptors (Lipinski definition) is 4. The first-order valence-corrected chi connectivity index (χ1v) is 10.6. The molecule has 1 aliphatic rings. The van der Waals surface area contributed by atoms with Crippen molar-refractivity contribution in [2.45, 2.75) is 30.9 Å². The van der Waals surface area contributed by atoms with Crippen molar-refractivity contribution in [3.05, 3.63) is 46.8 Å². The minimum atomic E-state index is -3.50. The van der Waals surface area contributed by atoms with Gasteiger partial charge in [-0.1, -0.05) is 12.1 Å². The molecule has 0 radical (unpaired) electrons. The normalized spacial score (nSPS) is 18.9. The summed E-state index contributed by atoms with van der Waals surface area (Å²) in [7, 11) is -3.50. The predicted molar refractivity (Wildman–Crippen MR) is 100 cm³/mol. The summed E-state index contributed by atoms with van der Waals surface area (Å²) >= 11 is 1.21. The lowest BCUT2D eigenvalue weighted by atomic mass is 9.98. The quantitative estimate of drug-likeness (QED) is 0.887. The molecule has 0 unspecified atom stereocenters. The van der Waals surface area contributed by atoms with Crippen LogP contribution in [0.1, 0.15) is 24.0 Å². The number of piperidine rings is 1. The lowest BCUT2D eigenvalue weighted by Gasteiger charge is -2.30. The maximum Gasteiger partial charge on any atom is 0.252 e. The number of hydrogen-bond donors (Lipinski definition) is 1. The van der Waals surface area contributed by atoms with Gasteiger partial charge in [0.2, 0.25) is 5.91 Å². The average molecular weight is 379 g/mol. The largest absolute Gasteiger partial charge is 0.326 e. The van der Waals surface area contributed by atoms with Crippen LogP contribution < -0.4 is 5.32 Å². The zero-order valence-electron chi connectivity index (χ0n) is 14.4. The average Bonchev–Trinajstić information content (AvgIpc) is 3.09. The Bertz CT molecular complexity index is 840. The van der Waals surface area contributed by atoms with E-state index in [9.17, 15) is 13.2 Å². The van der Waals surface area contributed by atoms with Gasteiger partial charge >= 0.3 is 0 Å². The Labute approximate surface area is 152 Å². The topological polar surface area (TPSA) is 66.5 Å². The molecule has 1 atom stereocenters. The van der Waals surface area contributed by atoms with Gasteiger partial charge in [0.05, 0.1) is 5.92 Å². The Morgan fingerprint density at radius 1 is 1.24 bits per heavy atom. The monoisotopic (exact) mass is 378 g/mol. The van der Waals surface area contributed by atoms with E-state index in [1.165, 1.54) is 15.6 Å². The smallest absolute Gasteiger partial charge is 0.252 e. The fraction of sp³-hybridized carbons (Fsp3) is 0.389. The van der Waals surface area contributed by atoms with E-state index in [-0.39, 0.29) is 18.4 Å². The van der Waals surface area contributed by atoms with Crippen LogP contribution in [0.5, 0.6) is 0 Å². The van der Waals surface area contributed by atoms with E-state index >= 15 is 0 Å². The van der Waals surface area contributed by atoms with E-state index in [2.05, 4.69) is 5.32 Å². The lowest BCUT2D eigenvalue weighted by molar-refractivity contribution is -0.120. The van der Waals surface area contributed by atoms with Gasteiger partial charge in [0.15, 0.2) is 0 Å². The lowest BCUT2D eigenvalue weighted by Crippen LogP contribution is -2.43. The van der Waals surface area contributed by atoms with E-state index in [1.54, 1.807) is 17.5 Å². The Balaban J connectivity index is 1.71. The van der Waals surface area contributed by atoms with Gasteiger partial charge in [0.1, 0.15) is 4.21 Å². The highest BCUT2D eigenvalue weighted by Crippen LogP contribution is 2.27. The second-order valence-corrected chi connectivity index (χ2v) is 9.61. The van der Waals surface area contributed by atoms with Gasteiger partial charge in [-0.3, -0.25) is 4.79 Å². The van der Waals surface area contributed by atoms with Crippen LogP contribution in [0.2, 0.25) is 0 Å². The molecular weight excluding hydrogens is 356 g/mol. The van der Waals surface area contributed by atoms with E-state index in [1.807, 2.05) is 32.0 Å². The van der Waals surface area contributed by atoms with Gasteiger partial charge in [-0.25, -0.2) is 8.42 Å². The molecular formula is C18H22N2O3S2. The summed E-state index contributed by atoms with van der Waals surface area (Å²) in [6, 6.07) is 9.23. The van der Waals surface area contributed by atoms with Crippen LogP contribution in [0, 0.1) is 19.8 Å². The number of carbonyl (C=O) groups excluding carboxylic acids is 1. The molecule has 1 aromatic heterocycles. The summed E-state index contributed by atoms with van der Waals surface area (Å²) < 4.78 is 27.1. The number of thiophene rings is 1. The molecule has 0 bridgehead atoms. The molecule has 1 amide bonds. The summed E-state index contributed by atoms with van der Waals surface area (Å²) in [4.78, 5) is 12.6. The summed E-state index contributed by atoms with van der Waals surface area (Å²) in [5.74, 6) is -0.444. The number of sulfonamides is 1. The minimum absolute atomic E-state index is 0.115. The number of anilines is 1. The van der Waals surface area contributed by atoms with Crippen LogP contribution >= 0.6 is 11.3 Å². The van der Waals surface area contributed by atoms with Crippen molar-refractivity contribution in [2.24, 2.45) is 5.92 Å². The van der Waals surface area contributed by atoms with Crippen molar-refractivity contribution in [3.63, 3.8) is 0 Å². The van der Waals surface area contributed by atoms with Crippen LogP contribution in [0.15, 0.2) is 39.9 Å². The molecule has 3 rings (SSSR count). The first-order chi connectivity index (χ1) is 11.9. The third-order valence-corrected chi connectivity index (χ3v) is 7.57. The van der Waals surface area contributed by atoms with Crippen molar-refractivity contribution < 1.29 is 13.2 Å². The molecule has 134 valence electrons. The summed E-state index contributed by atoms with van der Waals surface area (Å²) in [5, 5.41) is 4.69. The standard InChI is InChI=1S/C18H22N2O3S2/c1-13-9-14(2)11-16(10-13)19-18(21)15-5-3-7-20(12-15)25(22,23)17-6-4-8-24-17/h4,6,8-11,15H,3,5,7,12H2,1-2H3,(H,19,21)/t15-/m0/s1. The summed E-state index contributed by atoms with van der Waals surface area (Å²) in [6.45, 7) is 4.67. The molecule has 1 aliphatic heterocycles. The van der Waals surface area contributed by atoms with Crippen LogP contribution in [-0.4, -0.2) is 31.7 Å². The maximum atomic E-state index is 12.7. The van der Waals surface area contributed by atoms with E-state index < -0.39 is 10.0 Å². The molecule has 1 N–H and O–H groups in total. The molecule has 0 aliphatic carbocycles. The van der Waals surface area contributed by atoms with Crippen molar-refractivity contribution in [3.8, 4) is 0 Å². The number of carbonyl (C=O) groups is 1. The van der Waals surface area contributed by atoms with Gasteiger partial charge in [-0.05, 0) is 61.4 Å². The molecule has 2 heterocycles. The van der Waals surface area contributed by atoms with Gasteiger partial charge in [0.25, 0.3) is 10.0 Å². The van der Waals surface area contributed by atoms with E-state index in [0.717, 1.165) is 16.8 Å². The number of benzene rings is 1.